The number of anilines is 1. The quantitative estimate of drug-likeness (QED) is 0.681. The number of carbonyl (C=O) groups is 1. The van der Waals surface area contributed by atoms with Crippen LogP contribution in [0.5, 0.6) is 0 Å². The Kier molecular flexibility index (Phi) is 6.56. The molecule has 0 aliphatic carbocycles. The molecular weight excluding hydrogens is 459 g/mol. The predicted octanol–water partition coefficient (Wildman–Crippen LogP) is 2.47. The van der Waals surface area contributed by atoms with E-state index >= 15 is 0 Å². The maximum Gasteiger partial charge on any atom is 0.411 e. The molecule has 156 valence electrons. The molecule has 2 fully saturated rings. The van der Waals surface area contributed by atoms with Crippen molar-refractivity contribution in [3.63, 3.8) is 0 Å². The van der Waals surface area contributed by atoms with Gasteiger partial charge in [0.15, 0.2) is 0 Å². The van der Waals surface area contributed by atoms with E-state index in [9.17, 15) is 9.18 Å². The standard InChI is InChI=1S/C22H24ClFN2O2.BrH/c1-26(2)16-9-10-17(26)13-18(12-16)28-22(27)25-20-8-4-7-19(24)21(20)14-5-3-6-15(23)11-14;/h3-8,11,16-18H,9-10,12-13H2,1-2H3;1H/t16-,17+,18?;. The molecule has 0 radical (unpaired) electrons. The second-order valence-corrected chi connectivity index (χ2v) is 8.75. The van der Waals surface area contributed by atoms with Crippen molar-refractivity contribution in [2.45, 2.75) is 43.9 Å². The number of quaternary nitrogens is 1. The van der Waals surface area contributed by atoms with Gasteiger partial charge in [-0.05, 0) is 29.8 Å². The molecule has 29 heavy (non-hydrogen) atoms. The van der Waals surface area contributed by atoms with Gasteiger partial charge in [-0.15, -0.1) is 0 Å². The van der Waals surface area contributed by atoms with E-state index < -0.39 is 11.9 Å². The summed E-state index contributed by atoms with van der Waals surface area (Å²) in [5, 5.41) is 3.25. The minimum absolute atomic E-state index is 0. The number of nitrogens with zero attached hydrogens (tertiary/aromatic N) is 1. The van der Waals surface area contributed by atoms with E-state index in [1.54, 1.807) is 36.4 Å². The number of piperidine rings is 1. The van der Waals surface area contributed by atoms with Gasteiger partial charge in [0.1, 0.15) is 11.9 Å². The Hall–Kier alpha value is -1.63. The Morgan fingerprint density at radius 1 is 1.14 bits per heavy atom. The molecule has 2 saturated heterocycles. The highest BCUT2D eigenvalue weighted by Crippen LogP contribution is 2.40. The molecule has 2 heterocycles. The summed E-state index contributed by atoms with van der Waals surface area (Å²) in [7, 11) is 4.53. The van der Waals surface area contributed by atoms with Gasteiger partial charge in [-0.25, -0.2) is 9.18 Å². The summed E-state index contributed by atoms with van der Waals surface area (Å²) >= 11 is 6.05. The third kappa shape index (κ3) is 4.44. The molecule has 0 spiro atoms. The molecule has 2 aliphatic heterocycles. The van der Waals surface area contributed by atoms with E-state index in [0.29, 0.717) is 33.9 Å². The molecule has 1 unspecified atom stereocenters. The second kappa shape index (κ2) is 8.62. The number of halogens is 3. The van der Waals surface area contributed by atoms with Crippen molar-refractivity contribution in [3.8, 4) is 11.1 Å². The first-order chi connectivity index (χ1) is 13.3. The molecule has 0 saturated carbocycles. The number of amides is 1. The van der Waals surface area contributed by atoms with E-state index in [1.807, 2.05) is 0 Å². The van der Waals surface area contributed by atoms with Gasteiger partial charge in [-0.1, -0.05) is 29.8 Å². The lowest BCUT2D eigenvalue weighted by molar-refractivity contribution is -0.931. The number of nitrogens with one attached hydrogen (secondary N) is 1. The average molecular weight is 484 g/mol. The molecule has 0 aromatic heterocycles. The van der Waals surface area contributed by atoms with Crippen molar-refractivity contribution >= 4 is 23.4 Å². The zero-order valence-corrected chi connectivity index (χ0v) is 18.8. The van der Waals surface area contributed by atoms with Crippen LogP contribution in [0.4, 0.5) is 14.9 Å². The molecule has 3 atom stereocenters. The van der Waals surface area contributed by atoms with Crippen LogP contribution in [0.25, 0.3) is 11.1 Å². The summed E-state index contributed by atoms with van der Waals surface area (Å²) < 4.78 is 21.3. The van der Waals surface area contributed by atoms with Crippen molar-refractivity contribution < 1.29 is 35.4 Å². The number of benzene rings is 2. The van der Waals surface area contributed by atoms with Crippen LogP contribution in [0.15, 0.2) is 42.5 Å². The molecule has 7 heteroatoms. The highest BCUT2D eigenvalue weighted by Gasteiger charge is 2.49. The van der Waals surface area contributed by atoms with Gasteiger partial charge in [0.25, 0.3) is 0 Å². The molecule has 2 aromatic rings. The molecule has 2 aromatic carbocycles. The van der Waals surface area contributed by atoms with Gasteiger partial charge >= 0.3 is 6.09 Å². The fourth-order valence-corrected chi connectivity index (χ4v) is 4.97. The molecule has 2 aliphatic rings. The Morgan fingerprint density at radius 2 is 1.79 bits per heavy atom. The van der Waals surface area contributed by atoms with E-state index in [-0.39, 0.29) is 23.1 Å². The van der Waals surface area contributed by atoms with Crippen LogP contribution in [-0.2, 0) is 4.74 Å². The number of ether oxygens (including phenoxy) is 1. The largest absolute Gasteiger partial charge is 1.00 e. The fraction of sp³-hybridized carbons (Fsp3) is 0.409. The van der Waals surface area contributed by atoms with E-state index in [1.165, 1.54) is 18.9 Å². The van der Waals surface area contributed by atoms with Crippen LogP contribution < -0.4 is 22.3 Å². The van der Waals surface area contributed by atoms with Gasteiger partial charge in [0.2, 0.25) is 0 Å². The molecule has 4 rings (SSSR count). The SMILES string of the molecule is C[N+]1(C)[C@@H]2CC[C@H]1CC(OC(=O)Nc1cccc(F)c1-c1cccc(Cl)c1)C2.[Br-]. The topological polar surface area (TPSA) is 38.3 Å². The molecule has 4 nitrogen and oxygen atoms in total. The van der Waals surface area contributed by atoms with Crippen LogP contribution in [0.3, 0.4) is 0 Å². The summed E-state index contributed by atoms with van der Waals surface area (Å²) in [4.78, 5) is 12.6. The van der Waals surface area contributed by atoms with Crippen molar-refractivity contribution in [1.82, 2.24) is 0 Å². The zero-order valence-electron chi connectivity index (χ0n) is 16.5. The number of carbonyl (C=O) groups excluding carboxylic acids is 1. The maximum atomic E-state index is 14.5. The van der Waals surface area contributed by atoms with Crippen LogP contribution in [0.2, 0.25) is 5.02 Å². The molecule has 1 N–H and O–H groups in total. The monoisotopic (exact) mass is 482 g/mol. The Labute approximate surface area is 186 Å². The van der Waals surface area contributed by atoms with E-state index in [4.69, 9.17) is 16.3 Å². The van der Waals surface area contributed by atoms with Gasteiger partial charge < -0.3 is 26.2 Å². The Morgan fingerprint density at radius 3 is 2.45 bits per heavy atom. The van der Waals surface area contributed by atoms with Crippen molar-refractivity contribution in [2.24, 2.45) is 0 Å². The van der Waals surface area contributed by atoms with Crippen LogP contribution in [-0.4, -0.2) is 42.9 Å². The highest BCUT2D eigenvalue weighted by atomic mass is 79.9. The summed E-state index contributed by atoms with van der Waals surface area (Å²) in [6.45, 7) is 0. The first-order valence-electron chi connectivity index (χ1n) is 9.70. The van der Waals surface area contributed by atoms with E-state index in [2.05, 4.69) is 19.4 Å². The number of hydrogen-bond donors (Lipinski definition) is 1. The fourth-order valence-electron chi connectivity index (χ4n) is 4.78. The van der Waals surface area contributed by atoms with Crippen molar-refractivity contribution in [3.05, 3.63) is 53.3 Å². The zero-order chi connectivity index (χ0) is 19.9. The number of hydrogen-bond acceptors (Lipinski definition) is 2. The third-order valence-corrected chi connectivity index (χ3v) is 6.66. The highest BCUT2D eigenvalue weighted by molar-refractivity contribution is 6.30. The van der Waals surface area contributed by atoms with Gasteiger partial charge in [0, 0.05) is 36.3 Å². The minimum atomic E-state index is -0.537. The Balaban J connectivity index is 0.00000240. The van der Waals surface area contributed by atoms with Crippen LogP contribution >= 0.6 is 11.6 Å². The Bertz CT molecular complexity index is 892. The molecule has 2 bridgehead atoms. The van der Waals surface area contributed by atoms with Crippen LogP contribution in [0.1, 0.15) is 25.7 Å². The molecular formula is C22H25BrClFN2O2. The number of rotatable bonds is 3. The van der Waals surface area contributed by atoms with Gasteiger partial charge in [0.05, 0.1) is 31.9 Å². The first kappa shape index (κ1) is 22.1. The predicted molar refractivity (Wildman–Crippen MR) is 109 cm³/mol. The van der Waals surface area contributed by atoms with Crippen LogP contribution in [0, 0.1) is 5.82 Å². The van der Waals surface area contributed by atoms with E-state index in [0.717, 1.165) is 17.3 Å². The summed E-state index contributed by atoms with van der Waals surface area (Å²) in [6.07, 6.45) is 3.49. The summed E-state index contributed by atoms with van der Waals surface area (Å²) in [5.41, 5.74) is 1.29. The smallest absolute Gasteiger partial charge is 0.411 e. The minimum Gasteiger partial charge on any atom is -1.00 e. The average Bonchev–Trinajstić information content (AvgIpc) is 2.80. The maximum absolute atomic E-state index is 14.5. The normalized spacial score (nSPS) is 24.5. The lowest BCUT2D eigenvalue weighted by Gasteiger charge is -2.43. The summed E-state index contributed by atoms with van der Waals surface area (Å²) in [6, 6.07) is 12.6. The number of fused-ring (bicyclic) bond motifs is 2. The van der Waals surface area contributed by atoms with Gasteiger partial charge in [-0.3, -0.25) is 5.32 Å². The lowest BCUT2D eigenvalue weighted by Crippen LogP contribution is -3.00. The van der Waals surface area contributed by atoms with Crippen molar-refractivity contribution in [2.75, 3.05) is 19.4 Å². The lowest BCUT2D eigenvalue weighted by atomic mass is 9.98. The second-order valence-electron chi connectivity index (χ2n) is 8.31. The van der Waals surface area contributed by atoms with Crippen molar-refractivity contribution in [1.29, 1.82) is 0 Å². The first-order valence-corrected chi connectivity index (χ1v) is 10.1. The third-order valence-electron chi connectivity index (χ3n) is 6.42. The van der Waals surface area contributed by atoms with Gasteiger partial charge in [-0.2, -0.15) is 0 Å². The molecule has 1 amide bonds. The summed E-state index contributed by atoms with van der Waals surface area (Å²) in [5.74, 6) is -0.421.